The van der Waals surface area contributed by atoms with Crippen LogP contribution in [0.3, 0.4) is 0 Å². The van der Waals surface area contributed by atoms with Crippen LogP contribution in [0, 0.1) is 5.92 Å². The summed E-state index contributed by atoms with van der Waals surface area (Å²) in [5.41, 5.74) is 6.53. The third-order valence-electron chi connectivity index (χ3n) is 6.11. The van der Waals surface area contributed by atoms with Crippen molar-refractivity contribution in [1.82, 2.24) is 9.88 Å². The van der Waals surface area contributed by atoms with Crippen LogP contribution in [0.2, 0.25) is 0 Å². The van der Waals surface area contributed by atoms with Crippen LogP contribution in [0.25, 0.3) is 11.1 Å². The van der Waals surface area contributed by atoms with Crippen molar-refractivity contribution in [2.45, 2.75) is 19.0 Å². The zero-order chi connectivity index (χ0) is 18.9. The first kappa shape index (κ1) is 17.3. The maximum absolute atomic E-state index is 5.30. The topological polar surface area (TPSA) is 37.4 Å². The zero-order valence-electron chi connectivity index (χ0n) is 16.1. The van der Waals surface area contributed by atoms with E-state index in [0.717, 1.165) is 25.4 Å². The van der Waals surface area contributed by atoms with E-state index in [4.69, 9.17) is 4.74 Å². The second kappa shape index (κ2) is 7.28. The van der Waals surface area contributed by atoms with Crippen molar-refractivity contribution in [3.05, 3.63) is 78.1 Å². The summed E-state index contributed by atoms with van der Waals surface area (Å²) in [5.74, 6) is 1.56. The maximum Gasteiger partial charge on any atom is 0.118 e. The molecule has 4 nitrogen and oxygen atoms in total. The van der Waals surface area contributed by atoms with E-state index in [1.165, 1.54) is 34.4 Å². The fourth-order valence-corrected chi connectivity index (χ4v) is 4.66. The first-order valence-corrected chi connectivity index (χ1v) is 9.97. The first-order chi connectivity index (χ1) is 13.8. The molecule has 142 valence electrons. The van der Waals surface area contributed by atoms with Gasteiger partial charge in [0.05, 0.1) is 7.11 Å². The summed E-state index contributed by atoms with van der Waals surface area (Å²) < 4.78 is 5.30. The molecule has 28 heavy (non-hydrogen) atoms. The number of likely N-dealkylation sites (tertiary alicyclic amines) is 1. The standard InChI is InChI=1S/C24H25N3O/c1-28-21-5-2-18(3-6-21)19-4-7-23-22(14-19)24-20(15-26-23)10-13-27(24)16-17-8-11-25-12-9-17/h2-9,11-12,14,20,24,26H,10,13,15-16H2,1H3/t20-,24-/m1/s1. The Morgan fingerprint density at radius 3 is 2.61 bits per heavy atom. The molecule has 2 atom stereocenters. The Labute approximate surface area is 166 Å². The molecular formula is C24H25N3O. The van der Waals surface area contributed by atoms with Gasteiger partial charge in [-0.1, -0.05) is 18.2 Å². The molecule has 3 aromatic rings. The third kappa shape index (κ3) is 3.14. The predicted octanol–water partition coefficient (Wildman–Crippen LogP) is 4.75. The number of aromatic nitrogens is 1. The quantitative estimate of drug-likeness (QED) is 0.718. The lowest BCUT2D eigenvalue weighted by atomic mass is 9.87. The highest BCUT2D eigenvalue weighted by atomic mass is 16.5. The largest absolute Gasteiger partial charge is 0.497 e. The van der Waals surface area contributed by atoms with Gasteiger partial charge in [-0.3, -0.25) is 9.88 Å². The van der Waals surface area contributed by atoms with Crippen LogP contribution in [0.4, 0.5) is 5.69 Å². The van der Waals surface area contributed by atoms with Gasteiger partial charge < -0.3 is 10.1 Å². The average molecular weight is 371 g/mol. The minimum atomic E-state index is 0.475. The van der Waals surface area contributed by atoms with E-state index in [1.54, 1.807) is 7.11 Å². The van der Waals surface area contributed by atoms with Crippen LogP contribution in [0.15, 0.2) is 67.0 Å². The van der Waals surface area contributed by atoms with E-state index in [-0.39, 0.29) is 0 Å². The fourth-order valence-electron chi connectivity index (χ4n) is 4.66. The van der Waals surface area contributed by atoms with Crippen LogP contribution in [0.1, 0.15) is 23.6 Å². The van der Waals surface area contributed by atoms with Gasteiger partial charge in [0.1, 0.15) is 5.75 Å². The van der Waals surface area contributed by atoms with Crippen molar-refractivity contribution in [2.24, 2.45) is 5.92 Å². The summed E-state index contributed by atoms with van der Waals surface area (Å²) in [6.07, 6.45) is 5.02. The number of nitrogens with one attached hydrogen (secondary N) is 1. The second-order valence-corrected chi connectivity index (χ2v) is 7.73. The van der Waals surface area contributed by atoms with Crippen molar-refractivity contribution in [3.63, 3.8) is 0 Å². The number of pyridine rings is 1. The lowest BCUT2D eigenvalue weighted by Gasteiger charge is -2.35. The molecule has 2 aliphatic rings. The molecule has 1 saturated heterocycles. The van der Waals surface area contributed by atoms with E-state index in [9.17, 15) is 0 Å². The maximum atomic E-state index is 5.30. The molecule has 1 N–H and O–H groups in total. The molecule has 4 heteroatoms. The Morgan fingerprint density at radius 2 is 1.82 bits per heavy atom. The Balaban J connectivity index is 1.48. The van der Waals surface area contributed by atoms with E-state index >= 15 is 0 Å². The molecule has 0 amide bonds. The van der Waals surface area contributed by atoms with Gasteiger partial charge >= 0.3 is 0 Å². The van der Waals surface area contributed by atoms with Gasteiger partial charge in [-0.05, 0) is 77.5 Å². The number of fused-ring (bicyclic) bond motifs is 3. The average Bonchev–Trinajstić information content (AvgIpc) is 3.17. The van der Waals surface area contributed by atoms with E-state index in [1.807, 2.05) is 24.5 Å². The third-order valence-corrected chi connectivity index (χ3v) is 6.11. The number of ether oxygens (including phenoxy) is 1. The molecule has 0 radical (unpaired) electrons. The Bertz CT molecular complexity index is 955. The minimum Gasteiger partial charge on any atom is -0.497 e. The highest BCUT2D eigenvalue weighted by Gasteiger charge is 2.38. The molecule has 5 rings (SSSR count). The Morgan fingerprint density at radius 1 is 1.04 bits per heavy atom. The molecule has 2 aliphatic heterocycles. The summed E-state index contributed by atoms with van der Waals surface area (Å²) in [6, 6.07) is 19.9. The molecule has 0 aliphatic carbocycles. The van der Waals surface area contributed by atoms with Gasteiger partial charge in [-0.15, -0.1) is 0 Å². The molecule has 0 bridgehead atoms. The monoisotopic (exact) mass is 371 g/mol. The number of hydrogen-bond acceptors (Lipinski definition) is 4. The lowest BCUT2D eigenvalue weighted by molar-refractivity contribution is 0.220. The van der Waals surface area contributed by atoms with Crippen molar-refractivity contribution in [3.8, 4) is 16.9 Å². The summed E-state index contributed by atoms with van der Waals surface area (Å²) >= 11 is 0. The molecule has 0 saturated carbocycles. The lowest BCUT2D eigenvalue weighted by Crippen LogP contribution is -2.32. The van der Waals surface area contributed by atoms with Gasteiger partial charge in [0.2, 0.25) is 0 Å². The van der Waals surface area contributed by atoms with Gasteiger partial charge in [0, 0.05) is 37.2 Å². The molecule has 0 unspecified atom stereocenters. The summed E-state index contributed by atoms with van der Waals surface area (Å²) in [6.45, 7) is 3.19. The van der Waals surface area contributed by atoms with Crippen molar-refractivity contribution >= 4 is 5.69 Å². The van der Waals surface area contributed by atoms with Gasteiger partial charge in [0.15, 0.2) is 0 Å². The Kier molecular flexibility index (Phi) is 4.49. The zero-order valence-corrected chi connectivity index (χ0v) is 16.1. The van der Waals surface area contributed by atoms with E-state index in [0.29, 0.717) is 12.0 Å². The predicted molar refractivity (Wildman–Crippen MR) is 112 cm³/mol. The van der Waals surface area contributed by atoms with E-state index in [2.05, 4.69) is 57.7 Å². The molecular weight excluding hydrogens is 346 g/mol. The highest BCUT2D eigenvalue weighted by Crippen LogP contribution is 2.45. The number of benzene rings is 2. The normalized spacial score (nSPS) is 20.9. The molecule has 1 aromatic heterocycles. The summed E-state index contributed by atoms with van der Waals surface area (Å²) in [7, 11) is 1.71. The summed E-state index contributed by atoms with van der Waals surface area (Å²) in [4.78, 5) is 6.79. The summed E-state index contributed by atoms with van der Waals surface area (Å²) in [5, 5.41) is 3.66. The van der Waals surface area contributed by atoms with E-state index < -0.39 is 0 Å². The van der Waals surface area contributed by atoms with Crippen molar-refractivity contribution in [1.29, 1.82) is 0 Å². The van der Waals surface area contributed by atoms with Crippen LogP contribution in [-0.2, 0) is 6.54 Å². The van der Waals surface area contributed by atoms with Crippen LogP contribution in [-0.4, -0.2) is 30.1 Å². The second-order valence-electron chi connectivity index (χ2n) is 7.73. The Hall–Kier alpha value is -2.85. The van der Waals surface area contributed by atoms with Crippen LogP contribution in [0.5, 0.6) is 5.75 Å². The van der Waals surface area contributed by atoms with Gasteiger partial charge in [-0.2, -0.15) is 0 Å². The molecule has 2 aromatic carbocycles. The van der Waals surface area contributed by atoms with Gasteiger partial charge in [0.25, 0.3) is 0 Å². The first-order valence-electron chi connectivity index (χ1n) is 9.97. The minimum absolute atomic E-state index is 0.475. The van der Waals surface area contributed by atoms with Crippen molar-refractivity contribution in [2.75, 3.05) is 25.5 Å². The highest BCUT2D eigenvalue weighted by molar-refractivity contribution is 5.70. The number of rotatable bonds is 4. The van der Waals surface area contributed by atoms with Gasteiger partial charge in [-0.25, -0.2) is 0 Å². The smallest absolute Gasteiger partial charge is 0.118 e. The number of anilines is 1. The van der Waals surface area contributed by atoms with Crippen molar-refractivity contribution < 1.29 is 4.74 Å². The number of hydrogen-bond donors (Lipinski definition) is 1. The molecule has 0 spiro atoms. The molecule has 3 heterocycles. The fraction of sp³-hybridized carbons (Fsp3) is 0.292. The van der Waals surface area contributed by atoms with Crippen LogP contribution < -0.4 is 10.1 Å². The molecule has 1 fully saturated rings. The SMILES string of the molecule is COc1ccc(-c2ccc3c(c2)[C@H]2[C@H](CCN2Cc2ccncc2)CN3)cc1. The van der Waals surface area contributed by atoms with Crippen LogP contribution >= 0.6 is 0 Å². The number of methoxy groups -OCH3 is 1. The number of nitrogens with zero attached hydrogens (tertiary/aromatic N) is 2.